The van der Waals surface area contributed by atoms with Gasteiger partial charge in [0.2, 0.25) is 0 Å². The fraction of sp³-hybridized carbons (Fsp3) is 0.500. The summed E-state index contributed by atoms with van der Waals surface area (Å²) in [7, 11) is 0. The highest BCUT2D eigenvalue weighted by Gasteiger charge is 2.24. The summed E-state index contributed by atoms with van der Waals surface area (Å²) in [4.78, 5) is 10.5. The molecule has 0 saturated heterocycles. The van der Waals surface area contributed by atoms with Crippen LogP contribution in [0, 0.1) is 0 Å². The van der Waals surface area contributed by atoms with Gasteiger partial charge in [-0.25, -0.2) is 0 Å². The van der Waals surface area contributed by atoms with Gasteiger partial charge >= 0.3 is 5.97 Å². The molecule has 0 aliphatic heterocycles. The third-order valence-corrected chi connectivity index (χ3v) is 3.45. The van der Waals surface area contributed by atoms with E-state index >= 15 is 0 Å². The molecule has 2 unspecified atom stereocenters. The van der Waals surface area contributed by atoms with E-state index in [0.29, 0.717) is 12.3 Å². The Hall–Kier alpha value is -1.35. The van der Waals surface area contributed by atoms with E-state index in [1.807, 2.05) is 12.1 Å². The number of hydrogen-bond donors (Lipinski definition) is 2. The third-order valence-electron chi connectivity index (χ3n) is 3.45. The van der Waals surface area contributed by atoms with Crippen LogP contribution in [0.3, 0.4) is 0 Å². The predicted octanol–water partition coefficient (Wildman–Crippen LogP) is 2.33. The van der Waals surface area contributed by atoms with Crippen LogP contribution in [-0.2, 0) is 11.2 Å². The lowest BCUT2D eigenvalue weighted by Gasteiger charge is -2.11. The van der Waals surface area contributed by atoms with Gasteiger partial charge < -0.3 is 10.2 Å². The van der Waals surface area contributed by atoms with Crippen LogP contribution >= 0.6 is 0 Å². The van der Waals surface area contributed by atoms with Crippen LogP contribution in [0.2, 0.25) is 0 Å². The zero-order valence-corrected chi connectivity index (χ0v) is 9.80. The van der Waals surface area contributed by atoms with Crippen LogP contribution in [0.5, 0.6) is 0 Å². The molecular formula is C14H18O3. The first-order valence-corrected chi connectivity index (χ1v) is 6.14. The van der Waals surface area contributed by atoms with E-state index in [1.54, 1.807) is 0 Å². The van der Waals surface area contributed by atoms with Crippen LogP contribution in [0.25, 0.3) is 0 Å². The quantitative estimate of drug-likeness (QED) is 0.840. The average Bonchev–Trinajstić information content (AvgIpc) is 2.74. The standard InChI is InChI=1S/C14H18O3/c15-13-6-5-12(9-13)11-3-1-2-10(8-11)4-7-14(16)17/h1-3,8,12-13,15H,4-7,9H2,(H,16,17). The van der Waals surface area contributed by atoms with Crippen LogP contribution in [0.4, 0.5) is 0 Å². The number of carboxylic acids is 1. The number of benzene rings is 1. The molecule has 1 aliphatic carbocycles. The summed E-state index contributed by atoms with van der Waals surface area (Å²) in [6.07, 6.45) is 3.34. The Morgan fingerprint density at radius 1 is 1.35 bits per heavy atom. The maximum absolute atomic E-state index is 10.5. The summed E-state index contributed by atoms with van der Waals surface area (Å²) in [6, 6.07) is 8.12. The topological polar surface area (TPSA) is 57.5 Å². The van der Waals surface area contributed by atoms with Crippen molar-refractivity contribution in [3.8, 4) is 0 Å². The van der Waals surface area contributed by atoms with Crippen LogP contribution in [-0.4, -0.2) is 22.3 Å². The highest BCUT2D eigenvalue weighted by Crippen LogP contribution is 2.34. The Balaban J connectivity index is 2.03. The Kier molecular flexibility index (Phi) is 3.79. The van der Waals surface area contributed by atoms with E-state index in [0.717, 1.165) is 24.8 Å². The molecule has 1 aromatic rings. The number of aliphatic hydroxyl groups excluding tert-OH is 1. The summed E-state index contributed by atoms with van der Waals surface area (Å²) >= 11 is 0. The number of aliphatic hydroxyl groups is 1. The summed E-state index contributed by atoms with van der Waals surface area (Å²) < 4.78 is 0. The molecule has 0 aromatic heterocycles. The number of carboxylic acid groups (broad SMARTS) is 1. The van der Waals surface area contributed by atoms with Crippen molar-refractivity contribution in [3.63, 3.8) is 0 Å². The second-order valence-electron chi connectivity index (χ2n) is 4.80. The second-order valence-corrected chi connectivity index (χ2v) is 4.80. The van der Waals surface area contributed by atoms with Gasteiger partial charge in [0.25, 0.3) is 0 Å². The van der Waals surface area contributed by atoms with Crippen molar-refractivity contribution in [1.29, 1.82) is 0 Å². The van der Waals surface area contributed by atoms with E-state index in [2.05, 4.69) is 12.1 Å². The molecule has 0 radical (unpaired) electrons. The van der Waals surface area contributed by atoms with Crippen molar-refractivity contribution in [3.05, 3.63) is 35.4 Å². The zero-order chi connectivity index (χ0) is 12.3. The number of rotatable bonds is 4. The molecule has 3 heteroatoms. The van der Waals surface area contributed by atoms with Crippen molar-refractivity contribution in [2.24, 2.45) is 0 Å². The van der Waals surface area contributed by atoms with Crippen molar-refractivity contribution >= 4 is 5.97 Å². The second kappa shape index (κ2) is 5.32. The average molecular weight is 234 g/mol. The van der Waals surface area contributed by atoms with Crippen molar-refractivity contribution in [2.45, 2.75) is 44.1 Å². The summed E-state index contributed by atoms with van der Waals surface area (Å²) in [5, 5.41) is 18.2. The predicted molar refractivity (Wildman–Crippen MR) is 65.0 cm³/mol. The molecule has 0 spiro atoms. The monoisotopic (exact) mass is 234 g/mol. The Labute approximate surface area is 101 Å². The SMILES string of the molecule is O=C(O)CCc1cccc(C2CCC(O)C2)c1. The molecule has 2 N–H and O–H groups in total. The molecular weight excluding hydrogens is 216 g/mol. The molecule has 2 atom stereocenters. The van der Waals surface area contributed by atoms with Crippen molar-refractivity contribution in [1.82, 2.24) is 0 Å². The molecule has 2 rings (SSSR count). The first-order valence-electron chi connectivity index (χ1n) is 6.14. The van der Waals surface area contributed by atoms with Gasteiger partial charge in [-0.15, -0.1) is 0 Å². The molecule has 0 bridgehead atoms. The lowest BCUT2D eigenvalue weighted by molar-refractivity contribution is -0.136. The van der Waals surface area contributed by atoms with Gasteiger partial charge in [-0.2, -0.15) is 0 Å². The first kappa shape index (κ1) is 12.1. The molecule has 1 fully saturated rings. The minimum Gasteiger partial charge on any atom is -0.481 e. The Morgan fingerprint density at radius 2 is 2.18 bits per heavy atom. The molecule has 1 aromatic carbocycles. The number of aliphatic carboxylic acids is 1. The summed E-state index contributed by atoms with van der Waals surface area (Å²) in [5.41, 5.74) is 2.32. The Morgan fingerprint density at radius 3 is 2.82 bits per heavy atom. The van der Waals surface area contributed by atoms with Gasteiger partial charge in [0.1, 0.15) is 0 Å². The van der Waals surface area contributed by atoms with Gasteiger partial charge in [-0.3, -0.25) is 4.79 Å². The highest BCUT2D eigenvalue weighted by molar-refractivity contribution is 5.67. The number of carbonyl (C=O) groups is 1. The largest absolute Gasteiger partial charge is 0.481 e. The first-order chi connectivity index (χ1) is 8.15. The van der Waals surface area contributed by atoms with E-state index in [4.69, 9.17) is 5.11 Å². The van der Waals surface area contributed by atoms with Gasteiger partial charge in [-0.05, 0) is 42.7 Å². The van der Waals surface area contributed by atoms with Crippen LogP contribution in [0.15, 0.2) is 24.3 Å². The molecule has 3 nitrogen and oxygen atoms in total. The third kappa shape index (κ3) is 3.30. The maximum Gasteiger partial charge on any atom is 0.303 e. The Bertz CT molecular complexity index is 400. The van der Waals surface area contributed by atoms with Gasteiger partial charge in [0, 0.05) is 6.42 Å². The van der Waals surface area contributed by atoms with E-state index < -0.39 is 5.97 Å². The molecule has 17 heavy (non-hydrogen) atoms. The minimum atomic E-state index is -0.758. The summed E-state index contributed by atoms with van der Waals surface area (Å²) in [5.74, 6) is -0.318. The maximum atomic E-state index is 10.5. The fourth-order valence-electron chi connectivity index (χ4n) is 2.51. The van der Waals surface area contributed by atoms with Crippen LogP contribution < -0.4 is 0 Å². The molecule has 0 amide bonds. The van der Waals surface area contributed by atoms with Crippen LogP contribution in [0.1, 0.15) is 42.7 Å². The number of aryl methyl sites for hydroxylation is 1. The molecule has 92 valence electrons. The summed E-state index contributed by atoms with van der Waals surface area (Å²) in [6.45, 7) is 0. The lowest BCUT2D eigenvalue weighted by Crippen LogP contribution is -2.01. The molecule has 1 saturated carbocycles. The minimum absolute atomic E-state index is 0.164. The van der Waals surface area contributed by atoms with E-state index in [9.17, 15) is 9.90 Å². The van der Waals surface area contributed by atoms with E-state index in [1.165, 1.54) is 5.56 Å². The van der Waals surface area contributed by atoms with Gasteiger partial charge in [-0.1, -0.05) is 24.3 Å². The highest BCUT2D eigenvalue weighted by atomic mass is 16.4. The zero-order valence-electron chi connectivity index (χ0n) is 9.80. The lowest BCUT2D eigenvalue weighted by atomic mass is 9.95. The molecule has 0 heterocycles. The number of hydrogen-bond acceptors (Lipinski definition) is 2. The smallest absolute Gasteiger partial charge is 0.303 e. The van der Waals surface area contributed by atoms with E-state index in [-0.39, 0.29) is 12.5 Å². The van der Waals surface area contributed by atoms with Crippen molar-refractivity contribution in [2.75, 3.05) is 0 Å². The van der Waals surface area contributed by atoms with Crippen molar-refractivity contribution < 1.29 is 15.0 Å². The van der Waals surface area contributed by atoms with Gasteiger partial charge in [0.05, 0.1) is 6.10 Å². The normalized spacial score (nSPS) is 23.8. The molecule has 1 aliphatic rings. The van der Waals surface area contributed by atoms with Gasteiger partial charge in [0.15, 0.2) is 0 Å². The fourth-order valence-corrected chi connectivity index (χ4v) is 2.51.